The van der Waals surface area contributed by atoms with Crippen molar-refractivity contribution in [2.75, 3.05) is 18.8 Å². The summed E-state index contributed by atoms with van der Waals surface area (Å²) in [4.78, 5) is 14.0. The zero-order chi connectivity index (χ0) is 15.0. The topological polar surface area (TPSA) is 55.0 Å². The Bertz CT molecular complexity index is 645. The molecule has 0 spiro atoms. The molecule has 1 aliphatic carbocycles. The Balaban J connectivity index is 1.82. The standard InChI is InChI=1S/C16H24N4S/c1-4-20(8-12-6-5-7-12)9-13-18-15(17)14-10(2)11(3)21-16(14)19-13/h12H,4-9H2,1-3H3,(H2,17,18,19). The summed E-state index contributed by atoms with van der Waals surface area (Å²) in [5, 5.41) is 1.04. The van der Waals surface area contributed by atoms with Gasteiger partial charge in [0.05, 0.1) is 11.9 Å². The van der Waals surface area contributed by atoms with Gasteiger partial charge in [-0.1, -0.05) is 13.3 Å². The number of anilines is 1. The van der Waals surface area contributed by atoms with Gasteiger partial charge in [-0.2, -0.15) is 0 Å². The first-order chi connectivity index (χ1) is 10.1. The van der Waals surface area contributed by atoms with Crippen LogP contribution in [0.5, 0.6) is 0 Å². The van der Waals surface area contributed by atoms with Crippen LogP contribution in [0.3, 0.4) is 0 Å². The highest BCUT2D eigenvalue weighted by Gasteiger charge is 2.21. The second-order valence-electron chi connectivity index (χ2n) is 6.11. The lowest BCUT2D eigenvalue weighted by Crippen LogP contribution is -2.32. The summed E-state index contributed by atoms with van der Waals surface area (Å²) in [5.74, 6) is 2.37. The van der Waals surface area contributed by atoms with E-state index in [0.29, 0.717) is 5.82 Å². The van der Waals surface area contributed by atoms with E-state index in [1.165, 1.54) is 36.2 Å². The maximum absolute atomic E-state index is 6.16. The molecule has 2 N–H and O–H groups in total. The molecule has 114 valence electrons. The van der Waals surface area contributed by atoms with Crippen LogP contribution in [0.1, 0.15) is 42.5 Å². The smallest absolute Gasteiger partial charge is 0.146 e. The first-order valence-corrected chi connectivity index (χ1v) is 8.64. The molecule has 0 amide bonds. The van der Waals surface area contributed by atoms with Gasteiger partial charge in [-0.3, -0.25) is 4.90 Å². The molecule has 1 saturated carbocycles. The molecule has 0 unspecified atom stereocenters. The molecule has 1 fully saturated rings. The minimum atomic E-state index is 0.636. The second-order valence-corrected chi connectivity index (χ2v) is 7.32. The van der Waals surface area contributed by atoms with Gasteiger partial charge in [0, 0.05) is 11.4 Å². The zero-order valence-electron chi connectivity index (χ0n) is 13.1. The number of thiophene rings is 1. The monoisotopic (exact) mass is 304 g/mol. The summed E-state index contributed by atoms with van der Waals surface area (Å²) in [6, 6.07) is 0. The van der Waals surface area contributed by atoms with E-state index in [4.69, 9.17) is 10.7 Å². The van der Waals surface area contributed by atoms with E-state index in [2.05, 4.69) is 30.7 Å². The van der Waals surface area contributed by atoms with Gasteiger partial charge >= 0.3 is 0 Å². The van der Waals surface area contributed by atoms with Gasteiger partial charge in [0.1, 0.15) is 16.5 Å². The van der Waals surface area contributed by atoms with E-state index >= 15 is 0 Å². The number of nitrogens with two attached hydrogens (primary N) is 1. The van der Waals surface area contributed by atoms with E-state index in [1.807, 2.05) is 0 Å². The summed E-state index contributed by atoms with van der Waals surface area (Å²) in [6.07, 6.45) is 4.15. The molecule has 1 aliphatic rings. The van der Waals surface area contributed by atoms with Crippen LogP contribution in [0.2, 0.25) is 0 Å². The van der Waals surface area contributed by atoms with E-state index in [9.17, 15) is 0 Å². The van der Waals surface area contributed by atoms with E-state index in [1.54, 1.807) is 11.3 Å². The number of rotatable bonds is 5. The normalized spacial score (nSPS) is 15.8. The first-order valence-electron chi connectivity index (χ1n) is 7.83. The predicted octanol–water partition coefficient (Wildman–Crippen LogP) is 3.51. The fraction of sp³-hybridized carbons (Fsp3) is 0.625. The minimum absolute atomic E-state index is 0.636. The molecule has 0 aliphatic heterocycles. The third-order valence-electron chi connectivity index (χ3n) is 4.66. The molecule has 0 radical (unpaired) electrons. The maximum Gasteiger partial charge on any atom is 0.146 e. The number of aromatic nitrogens is 2. The fourth-order valence-corrected chi connectivity index (χ4v) is 4.00. The van der Waals surface area contributed by atoms with Gasteiger partial charge < -0.3 is 5.73 Å². The molecule has 5 heteroatoms. The number of nitrogens with zero attached hydrogens (tertiary/aromatic N) is 3. The highest BCUT2D eigenvalue weighted by molar-refractivity contribution is 7.18. The average Bonchev–Trinajstić information content (AvgIpc) is 2.68. The second kappa shape index (κ2) is 5.89. The lowest BCUT2D eigenvalue weighted by atomic mass is 9.85. The Morgan fingerprint density at radius 2 is 2.05 bits per heavy atom. The van der Waals surface area contributed by atoms with Crippen LogP contribution >= 0.6 is 11.3 Å². The molecule has 21 heavy (non-hydrogen) atoms. The van der Waals surface area contributed by atoms with Crippen LogP contribution in [0.25, 0.3) is 10.2 Å². The van der Waals surface area contributed by atoms with Crippen LogP contribution in [0.4, 0.5) is 5.82 Å². The summed E-state index contributed by atoms with van der Waals surface area (Å²) in [7, 11) is 0. The minimum Gasteiger partial charge on any atom is -0.383 e. The molecular weight excluding hydrogens is 280 g/mol. The van der Waals surface area contributed by atoms with Crippen molar-refractivity contribution in [1.29, 1.82) is 0 Å². The van der Waals surface area contributed by atoms with Crippen molar-refractivity contribution in [3.05, 3.63) is 16.3 Å². The Morgan fingerprint density at radius 3 is 2.67 bits per heavy atom. The van der Waals surface area contributed by atoms with Gasteiger partial charge in [-0.15, -0.1) is 11.3 Å². The van der Waals surface area contributed by atoms with Crippen LogP contribution in [0.15, 0.2) is 0 Å². The van der Waals surface area contributed by atoms with Crippen molar-refractivity contribution < 1.29 is 0 Å². The Morgan fingerprint density at radius 1 is 1.29 bits per heavy atom. The Hall–Kier alpha value is -1.20. The molecule has 2 aromatic heterocycles. The molecule has 3 rings (SSSR count). The number of aryl methyl sites for hydroxylation is 2. The van der Waals surface area contributed by atoms with Crippen molar-refractivity contribution >= 4 is 27.4 Å². The van der Waals surface area contributed by atoms with Gasteiger partial charge in [-0.25, -0.2) is 9.97 Å². The molecule has 0 saturated heterocycles. The van der Waals surface area contributed by atoms with Gasteiger partial charge in [0.2, 0.25) is 0 Å². The van der Waals surface area contributed by atoms with Crippen molar-refractivity contribution in [3.8, 4) is 0 Å². The molecule has 2 aromatic rings. The number of fused-ring (bicyclic) bond motifs is 1. The number of hydrogen-bond donors (Lipinski definition) is 1. The van der Waals surface area contributed by atoms with Gasteiger partial charge in [0.25, 0.3) is 0 Å². The lowest BCUT2D eigenvalue weighted by Gasteiger charge is -2.31. The van der Waals surface area contributed by atoms with Crippen LogP contribution in [0, 0.1) is 19.8 Å². The highest BCUT2D eigenvalue weighted by atomic mass is 32.1. The molecule has 0 aromatic carbocycles. The number of nitrogen functional groups attached to an aromatic ring is 1. The van der Waals surface area contributed by atoms with E-state index in [-0.39, 0.29) is 0 Å². The highest BCUT2D eigenvalue weighted by Crippen LogP contribution is 2.32. The van der Waals surface area contributed by atoms with Crippen LogP contribution in [-0.2, 0) is 6.54 Å². The SMILES string of the molecule is CCN(Cc1nc(N)c2c(C)c(C)sc2n1)CC1CCC1. The van der Waals surface area contributed by atoms with E-state index in [0.717, 1.165) is 35.0 Å². The lowest BCUT2D eigenvalue weighted by molar-refractivity contribution is 0.175. The largest absolute Gasteiger partial charge is 0.383 e. The Labute approximate surface area is 130 Å². The number of hydrogen-bond acceptors (Lipinski definition) is 5. The molecule has 0 atom stereocenters. The van der Waals surface area contributed by atoms with Crippen molar-refractivity contribution in [2.45, 2.75) is 46.6 Å². The maximum atomic E-state index is 6.16. The van der Waals surface area contributed by atoms with Gasteiger partial charge in [-0.05, 0) is 44.7 Å². The first kappa shape index (κ1) is 14.7. The van der Waals surface area contributed by atoms with Gasteiger partial charge in [0.15, 0.2) is 0 Å². The fourth-order valence-electron chi connectivity index (χ4n) is 2.94. The molecule has 4 nitrogen and oxygen atoms in total. The molecule has 0 bridgehead atoms. The summed E-state index contributed by atoms with van der Waals surface area (Å²) >= 11 is 1.72. The average molecular weight is 304 g/mol. The summed E-state index contributed by atoms with van der Waals surface area (Å²) in [5.41, 5.74) is 7.39. The summed E-state index contributed by atoms with van der Waals surface area (Å²) in [6.45, 7) is 9.45. The third kappa shape index (κ3) is 2.90. The van der Waals surface area contributed by atoms with Crippen molar-refractivity contribution in [2.24, 2.45) is 5.92 Å². The quantitative estimate of drug-likeness (QED) is 0.918. The van der Waals surface area contributed by atoms with Crippen molar-refractivity contribution in [1.82, 2.24) is 14.9 Å². The van der Waals surface area contributed by atoms with Crippen LogP contribution in [-0.4, -0.2) is 28.0 Å². The zero-order valence-corrected chi connectivity index (χ0v) is 14.0. The molecule has 2 heterocycles. The molecular formula is C16H24N4S. The van der Waals surface area contributed by atoms with E-state index < -0.39 is 0 Å². The van der Waals surface area contributed by atoms with Crippen LogP contribution < -0.4 is 5.73 Å². The van der Waals surface area contributed by atoms with Crippen molar-refractivity contribution in [3.63, 3.8) is 0 Å². The third-order valence-corrected chi connectivity index (χ3v) is 5.76. The summed E-state index contributed by atoms with van der Waals surface area (Å²) < 4.78 is 0. The Kier molecular flexibility index (Phi) is 4.13. The predicted molar refractivity (Wildman–Crippen MR) is 89.6 cm³/mol.